The third-order valence-electron chi connectivity index (χ3n) is 2.21. The summed E-state index contributed by atoms with van der Waals surface area (Å²) in [5, 5.41) is 1.86. The van der Waals surface area contributed by atoms with E-state index in [0.29, 0.717) is 5.69 Å². The van der Waals surface area contributed by atoms with Gasteiger partial charge in [0.25, 0.3) is 5.91 Å². The first-order valence-corrected chi connectivity index (χ1v) is 5.32. The average molecular weight is 269 g/mol. The molecule has 0 aliphatic carbocycles. The maximum absolute atomic E-state index is 13.5. The molecule has 0 aliphatic heterocycles. The second-order valence-corrected chi connectivity index (χ2v) is 3.79. The SMILES string of the molecule is O=C(Nc1ccncc1)c1c(F)ccc(F)c1Cl. The van der Waals surface area contributed by atoms with Gasteiger partial charge in [0, 0.05) is 18.1 Å². The summed E-state index contributed by atoms with van der Waals surface area (Å²) in [5.41, 5.74) is -0.108. The van der Waals surface area contributed by atoms with Gasteiger partial charge in [-0.2, -0.15) is 0 Å². The van der Waals surface area contributed by atoms with Gasteiger partial charge in [0.1, 0.15) is 11.6 Å². The van der Waals surface area contributed by atoms with Crippen LogP contribution in [0.25, 0.3) is 0 Å². The molecule has 0 atom stereocenters. The van der Waals surface area contributed by atoms with Gasteiger partial charge in [-0.1, -0.05) is 11.6 Å². The Balaban J connectivity index is 2.33. The van der Waals surface area contributed by atoms with E-state index in [4.69, 9.17) is 11.6 Å². The quantitative estimate of drug-likeness (QED) is 0.850. The molecule has 3 nitrogen and oxygen atoms in total. The highest BCUT2D eigenvalue weighted by Crippen LogP contribution is 2.23. The number of hydrogen-bond acceptors (Lipinski definition) is 2. The third kappa shape index (κ3) is 2.46. The fourth-order valence-electron chi connectivity index (χ4n) is 1.36. The second kappa shape index (κ2) is 5.10. The molecule has 1 heterocycles. The van der Waals surface area contributed by atoms with Gasteiger partial charge in [0.2, 0.25) is 0 Å². The molecule has 2 rings (SSSR count). The molecule has 0 bridgehead atoms. The largest absolute Gasteiger partial charge is 0.322 e. The molecule has 2 aromatic rings. The van der Waals surface area contributed by atoms with Crippen LogP contribution in [0.2, 0.25) is 5.02 Å². The van der Waals surface area contributed by atoms with Gasteiger partial charge in [-0.3, -0.25) is 9.78 Å². The van der Waals surface area contributed by atoms with Gasteiger partial charge in [-0.05, 0) is 24.3 Å². The Labute approximate surface area is 106 Å². The van der Waals surface area contributed by atoms with Crippen LogP contribution in [0, 0.1) is 11.6 Å². The number of pyridine rings is 1. The van der Waals surface area contributed by atoms with Crippen LogP contribution in [0.3, 0.4) is 0 Å². The van der Waals surface area contributed by atoms with Gasteiger partial charge in [0.05, 0.1) is 10.6 Å². The lowest BCUT2D eigenvalue weighted by Crippen LogP contribution is -2.15. The highest BCUT2D eigenvalue weighted by atomic mass is 35.5. The zero-order chi connectivity index (χ0) is 13.1. The van der Waals surface area contributed by atoms with Gasteiger partial charge < -0.3 is 5.32 Å². The molecule has 1 aromatic heterocycles. The maximum Gasteiger partial charge on any atom is 0.260 e. The zero-order valence-corrected chi connectivity index (χ0v) is 9.71. The normalized spacial score (nSPS) is 10.2. The first-order chi connectivity index (χ1) is 8.59. The van der Waals surface area contributed by atoms with Crippen LogP contribution in [-0.4, -0.2) is 10.9 Å². The maximum atomic E-state index is 13.5. The van der Waals surface area contributed by atoms with E-state index in [1.54, 1.807) is 0 Å². The monoisotopic (exact) mass is 268 g/mol. The lowest BCUT2D eigenvalue weighted by Gasteiger charge is -2.07. The predicted octanol–water partition coefficient (Wildman–Crippen LogP) is 3.27. The lowest BCUT2D eigenvalue weighted by atomic mass is 10.2. The van der Waals surface area contributed by atoms with E-state index < -0.39 is 28.1 Å². The molecule has 18 heavy (non-hydrogen) atoms. The highest BCUT2D eigenvalue weighted by Gasteiger charge is 2.19. The van der Waals surface area contributed by atoms with Gasteiger partial charge in [0.15, 0.2) is 0 Å². The molecule has 92 valence electrons. The van der Waals surface area contributed by atoms with Crippen LogP contribution < -0.4 is 5.32 Å². The number of carbonyl (C=O) groups excluding carboxylic acids is 1. The Hall–Kier alpha value is -2.01. The molecule has 0 saturated heterocycles. The molecular formula is C12H7ClF2N2O. The van der Waals surface area contributed by atoms with Crippen LogP contribution in [0.1, 0.15) is 10.4 Å². The number of halogens is 3. The lowest BCUT2D eigenvalue weighted by molar-refractivity contribution is 0.102. The Morgan fingerprint density at radius 2 is 1.72 bits per heavy atom. The second-order valence-electron chi connectivity index (χ2n) is 3.41. The van der Waals surface area contributed by atoms with Gasteiger partial charge >= 0.3 is 0 Å². The van der Waals surface area contributed by atoms with Crippen molar-refractivity contribution in [1.29, 1.82) is 0 Å². The van der Waals surface area contributed by atoms with Crippen molar-refractivity contribution in [2.45, 2.75) is 0 Å². The van der Waals surface area contributed by atoms with E-state index in [9.17, 15) is 13.6 Å². The van der Waals surface area contributed by atoms with Crippen LogP contribution >= 0.6 is 11.6 Å². The summed E-state index contributed by atoms with van der Waals surface area (Å²) in [7, 11) is 0. The summed E-state index contributed by atoms with van der Waals surface area (Å²) in [4.78, 5) is 15.5. The molecule has 1 amide bonds. The van der Waals surface area contributed by atoms with Crippen molar-refractivity contribution in [3.63, 3.8) is 0 Å². The highest BCUT2D eigenvalue weighted by molar-refractivity contribution is 6.34. The van der Waals surface area contributed by atoms with E-state index in [0.717, 1.165) is 12.1 Å². The van der Waals surface area contributed by atoms with Crippen molar-refractivity contribution < 1.29 is 13.6 Å². The molecule has 1 aromatic carbocycles. The molecule has 0 fully saturated rings. The van der Waals surface area contributed by atoms with Crippen molar-refractivity contribution in [3.05, 3.63) is 58.9 Å². The summed E-state index contributed by atoms with van der Waals surface area (Å²) >= 11 is 5.57. The number of benzene rings is 1. The zero-order valence-electron chi connectivity index (χ0n) is 8.95. The smallest absolute Gasteiger partial charge is 0.260 e. The molecular weight excluding hydrogens is 262 g/mol. The Morgan fingerprint density at radius 3 is 2.39 bits per heavy atom. The summed E-state index contributed by atoms with van der Waals surface area (Å²) in [6.07, 6.45) is 2.91. The van der Waals surface area contributed by atoms with Crippen LogP contribution in [-0.2, 0) is 0 Å². The molecule has 0 radical (unpaired) electrons. The van der Waals surface area contributed by atoms with Crippen molar-refractivity contribution in [2.24, 2.45) is 0 Å². The van der Waals surface area contributed by atoms with Crippen molar-refractivity contribution in [2.75, 3.05) is 5.32 Å². The number of rotatable bonds is 2. The van der Waals surface area contributed by atoms with E-state index in [1.165, 1.54) is 24.5 Å². The number of anilines is 1. The van der Waals surface area contributed by atoms with E-state index in [-0.39, 0.29) is 0 Å². The van der Waals surface area contributed by atoms with E-state index >= 15 is 0 Å². The summed E-state index contributed by atoms with van der Waals surface area (Å²) in [6, 6.07) is 4.75. The number of aromatic nitrogens is 1. The molecule has 1 N–H and O–H groups in total. The fourth-order valence-corrected chi connectivity index (χ4v) is 1.60. The number of amides is 1. The average Bonchev–Trinajstić information content (AvgIpc) is 2.36. The summed E-state index contributed by atoms with van der Waals surface area (Å²) in [6.45, 7) is 0. The standard InChI is InChI=1S/C12H7ClF2N2O/c13-11-9(15)2-1-8(14)10(11)12(18)17-7-3-5-16-6-4-7/h1-6H,(H,16,17,18). The summed E-state index contributed by atoms with van der Waals surface area (Å²) in [5.74, 6) is -2.55. The van der Waals surface area contributed by atoms with Crippen molar-refractivity contribution in [1.82, 2.24) is 4.98 Å². The van der Waals surface area contributed by atoms with Crippen molar-refractivity contribution >= 4 is 23.2 Å². The Morgan fingerprint density at radius 1 is 1.11 bits per heavy atom. The number of nitrogens with zero attached hydrogens (tertiary/aromatic N) is 1. The van der Waals surface area contributed by atoms with Crippen LogP contribution in [0.15, 0.2) is 36.7 Å². The summed E-state index contributed by atoms with van der Waals surface area (Å²) < 4.78 is 26.6. The van der Waals surface area contributed by atoms with Crippen LogP contribution in [0.4, 0.5) is 14.5 Å². The topological polar surface area (TPSA) is 42.0 Å². The minimum atomic E-state index is -0.882. The first-order valence-electron chi connectivity index (χ1n) is 4.94. The van der Waals surface area contributed by atoms with E-state index in [1.807, 2.05) is 0 Å². The minimum Gasteiger partial charge on any atom is -0.322 e. The molecule has 0 spiro atoms. The number of hydrogen-bond donors (Lipinski definition) is 1. The van der Waals surface area contributed by atoms with Crippen molar-refractivity contribution in [3.8, 4) is 0 Å². The molecule has 6 heteroatoms. The van der Waals surface area contributed by atoms with E-state index in [2.05, 4.69) is 10.3 Å². The van der Waals surface area contributed by atoms with Crippen LogP contribution in [0.5, 0.6) is 0 Å². The first kappa shape index (κ1) is 12.4. The fraction of sp³-hybridized carbons (Fsp3) is 0. The predicted molar refractivity (Wildman–Crippen MR) is 63.6 cm³/mol. The third-order valence-corrected chi connectivity index (χ3v) is 2.58. The number of nitrogens with one attached hydrogen (secondary N) is 1. The van der Waals surface area contributed by atoms with Gasteiger partial charge in [-0.15, -0.1) is 0 Å². The Kier molecular flexibility index (Phi) is 3.53. The molecule has 0 saturated carbocycles. The van der Waals surface area contributed by atoms with Gasteiger partial charge in [-0.25, -0.2) is 8.78 Å². The number of carbonyl (C=O) groups is 1. The Bertz CT molecular complexity index is 590. The molecule has 0 unspecified atom stereocenters. The minimum absolute atomic E-state index is 0.412. The molecule has 0 aliphatic rings.